The maximum atomic E-state index is 12.3. The summed E-state index contributed by atoms with van der Waals surface area (Å²) in [6, 6.07) is 13.2. The molecule has 1 atom stereocenters. The maximum Gasteiger partial charge on any atom is 0.257 e. The zero-order valence-electron chi connectivity index (χ0n) is 12.0. The molecule has 1 aromatic carbocycles. The molecule has 1 heterocycles. The fourth-order valence-electron chi connectivity index (χ4n) is 2.08. The van der Waals surface area contributed by atoms with Gasteiger partial charge < -0.3 is 15.8 Å². The number of nitrogens with zero attached hydrogens (tertiary/aromatic N) is 1. The topological polar surface area (TPSA) is 77.2 Å². The Bertz CT molecular complexity index is 587. The molecule has 5 heteroatoms. The molecule has 1 unspecified atom stereocenters. The van der Waals surface area contributed by atoms with Gasteiger partial charge in [0.2, 0.25) is 5.88 Å². The molecule has 0 radical (unpaired) electrons. The van der Waals surface area contributed by atoms with Crippen molar-refractivity contribution in [2.45, 2.75) is 12.5 Å². The van der Waals surface area contributed by atoms with E-state index in [1.54, 1.807) is 18.3 Å². The molecule has 0 aliphatic rings. The van der Waals surface area contributed by atoms with Gasteiger partial charge in [0.1, 0.15) is 5.56 Å². The molecule has 0 bridgehead atoms. The number of rotatable bonds is 6. The highest BCUT2D eigenvalue weighted by Gasteiger charge is 2.17. The third kappa shape index (κ3) is 4.03. The van der Waals surface area contributed by atoms with Crippen LogP contribution in [0.15, 0.2) is 48.7 Å². The van der Waals surface area contributed by atoms with Crippen LogP contribution in [0.5, 0.6) is 5.88 Å². The predicted molar refractivity (Wildman–Crippen MR) is 81.2 cm³/mol. The van der Waals surface area contributed by atoms with E-state index in [9.17, 15) is 4.79 Å². The Morgan fingerprint density at radius 1 is 1.29 bits per heavy atom. The van der Waals surface area contributed by atoms with Crippen molar-refractivity contribution in [3.05, 3.63) is 59.8 Å². The number of methoxy groups -OCH3 is 1. The molecule has 2 aromatic rings. The number of aromatic nitrogens is 1. The largest absolute Gasteiger partial charge is 0.480 e. The van der Waals surface area contributed by atoms with Gasteiger partial charge in [-0.2, -0.15) is 0 Å². The Balaban J connectivity index is 2.06. The summed E-state index contributed by atoms with van der Waals surface area (Å²) in [7, 11) is 1.49. The minimum Gasteiger partial charge on any atom is -0.480 e. The van der Waals surface area contributed by atoms with E-state index in [-0.39, 0.29) is 11.9 Å². The summed E-state index contributed by atoms with van der Waals surface area (Å²) in [6.07, 6.45) is 2.27. The van der Waals surface area contributed by atoms with Crippen molar-refractivity contribution < 1.29 is 9.53 Å². The molecule has 0 aliphatic carbocycles. The first-order valence-corrected chi connectivity index (χ1v) is 6.78. The SMILES string of the molecule is COc1ncccc1C(=O)NC(CN)Cc1ccccc1. The summed E-state index contributed by atoms with van der Waals surface area (Å²) in [5, 5.41) is 2.92. The molecule has 2 rings (SSSR count). The molecular weight excluding hydrogens is 266 g/mol. The molecule has 21 heavy (non-hydrogen) atoms. The second-order valence-corrected chi connectivity index (χ2v) is 4.66. The van der Waals surface area contributed by atoms with E-state index >= 15 is 0 Å². The average Bonchev–Trinajstić information content (AvgIpc) is 2.55. The normalized spacial score (nSPS) is 11.7. The highest BCUT2D eigenvalue weighted by molar-refractivity contribution is 5.96. The van der Waals surface area contributed by atoms with Gasteiger partial charge in [0.15, 0.2) is 0 Å². The van der Waals surface area contributed by atoms with Gasteiger partial charge in [0.25, 0.3) is 5.91 Å². The minimum absolute atomic E-state index is 0.134. The van der Waals surface area contributed by atoms with Gasteiger partial charge in [0.05, 0.1) is 7.11 Å². The highest BCUT2D eigenvalue weighted by Crippen LogP contribution is 2.13. The van der Waals surface area contributed by atoms with Crippen LogP contribution in [0, 0.1) is 0 Å². The van der Waals surface area contributed by atoms with Crippen LogP contribution < -0.4 is 15.8 Å². The number of amides is 1. The smallest absolute Gasteiger partial charge is 0.257 e. The Kier molecular flexibility index (Phi) is 5.29. The first-order chi connectivity index (χ1) is 10.2. The number of ether oxygens (including phenoxy) is 1. The molecule has 1 aromatic heterocycles. The third-order valence-electron chi connectivity index (χ3n) is 3.15. The van der Waals surface area contributed by atoms with Crippen LogP contribution in [-0.2, 0) is 6.42 Å². The lowest BCUT2D eigenvalue weighted by molar-refractivity contribution is 0.0934. The molecule has 1 amide bonds. The Hall–Kier alpha value is -2.40. The summed E-state index contributed by atoms with van der Waals surface area (Å²) in [6.45, 7) is 0.364. The standard InChI is InChI=1S/C16H19N3O2/c1-21-16-14(8-5-9-18-16)15(20)19-13(11-17)10-12-6-3-2-4-7-12/h2-9,13H,10-11,17H2,1H3,(H,19,20). The van der Waals surface area contributed by atoms with Gasteiger partial charge in [-0.1, -0.05) is 30.3 Å². The molecule has 0 spiro atoms. The van der Waals surface area contributed by atoms with Gasteiger partial charge in [-0.25, -0.2) is 4.98 Å². The van der Waals surface area contributed by atoms with Crippen molar-refractivity contribution in [2.24, 2.45) is 5.73 Å². The van der Waals surface area contributed by atoms with Crippen LogP contribution in [0.3, 0.4) is 0 Å². The number of benzene rings is 1. The number of hydrogen-bond acceptors (Lipinski definition) is 4. The molecular formula is C16H19N3O2. The number of hydrogen-bond donors (Lipinski definition) is 2. The zero-order chi connectivity index (χ0) is 15.1. The Labute approximate surface area is 124 Å². The van der Waals surface area contributed by atoms with E-state index in [0.717, 1.165) is 5.56 Å². The monoisotopic (exact) mass is 285 g/mol. The van der Waals surface area contributed by atoms with Crippen LogP contribution in [0.4, 0.5) is 0 Å². The van der Waals surface area contributed by atoms with Crippen molar-refractivity contribution in [1.82, 2.24) is 10.3 Å². The molecule has 0 fully saturated rings. The summed E-state index contributed by atoms with van der Waals surface area (Å²) in [4.78, 5) is 16.3. The van der Waals surface area contributed by atoms with Crippen molar-refractivity contribution in [3.63, 3.8) is 0 Å². The fourth-order valence-corrected chi connectivity index (χ4v) is 2.08. The molecule has 110 valence electrons. The van der Waals surface area contributed by atoms with E-state index in [1.165, 1.54) is 7.11 Å². The molecule has 3 N–H and O–H groups in total. The van der Waals surface area contributed by atoms with Crippen LogP contribution in [0.25, 0.3) is 0 Å². The van der Waals surface area contributed by atoms with Crippen LogP contribution in [-0.4, -0.2) is 30.6 Å². The zero-order valence-corrected chi connectivity index (χ0v) is 12.0. The first-order valence-electron chi connectivity index (χ1n) is 6.78. The van der Waals surface area contributed by atoms with Gasteiger partial charge in [0, 0.05) is 18.8 Å². The summed E-state index contributed by atoms with van der Waals surface area (Å²) in [5.74, 6) is 0.0804. The van der Waals surface area contributed by atoms with Crippen molar-refractivity contribution in [2.75, 3.05) is 13.7 Å². The van der Waals surface area contributed by atoms with E-state index in [0.29, 0.717) is 24.4 Å². The quantitative estimate of drug-likeness (QED) is 0.841. The van der Waals surface area contributed by atoms with E-state index in [1.807, 2.05) is 30.3 Å². The van der Waals surface area contributed by atoms with E-state index < -0.39 is 0 Å². The van der Waals surface area contributed by atoms with Gasteiger partial charge in [-0.3, -0.25) is 4.79 Å². The van der Waals surface area contributed by atoms with E-state index in [2.05, 4.69) is 10.3 Å². The number of nitrogens with one attached hydrogen (secondary N) is 1. The highest BCUT2D eigenvalue weighted by atomic mass is 16.5. The maximum absolute atomic E-state index is 12.3. The lowest BCUT2D eigenvalue weighted by atomic mass is 10.1. The summed E-state index contributed by atoms with van der Waals surface area (Å²) in [5.41, 5.74) is 7.30. The molecule has 5 nitrogen and oxygen atoms in total. The second-order valence-electron chi connectivity index (χ2n) is 4.66. The van der Waals surface area contributed by atoms with Crippen LogP contribution in [0.2, 0.25) is 0 Å². The molecule has 0 saturated carbocycles. The van der Waals surface area contributed by atoms with Crippen LogP contribution in [0.1, 0.15) is 15.9 Å². The lowest BCUT2D eigenvalue weighted by Gasteiger charge is -2.17. The van der Waals surface area contributed by atoms with Gasteiger partial charge >= 0.3 is 0 Å². The van der Waals surface area contributed by atoms with Gasteiger partial charge in [-0.15, -0.1) is 0 Å². The van der Waals surface area contributed by atoms with Crippen molar-refractivity contribution >= 4 is 5.91 Å². The van der Waals surface area contributed by atoms with Crippen molar-refractivity contribution in [1.29, 1.82) is 0 Å². The Morgan fingerprint density at radius 2 is 2.05 bits per heavy atom. The van der Waals surface area contributed by atoms with Crippen LogP contribution >= 0.6 is 0 Å². The average molecular weight is 285 g/mol. The minimum atomic E-state index is -0.230. The number of carbonyl (C=O) groups is 1. The Morgan fingerprint density at radius 3 is 2.71 bits per heavy atom. The number of pyridine rings is 1. The first kappa shape index (κ1) is 15.0. The number of carbonyl (C=O) groups excluding carboxylic acids is 1. The number of nitrogens with two attached hydrogens (primary N) is 1. The van der Waals surface area contributed by atoms with Crippen molar-refractivity contribution in [3.8, 4) is 5.88 Å². The molecule has 0 aliphatic heterocycles. The summed E-state index contributed by atoms with van der Waals surface area (Å²) >= 11 is 0. The molecule has 0 saturated heterocycles. The predicted octanol–water partition coefficient (Wildman–Crippen LogP) is 1.39. The fraction of sp³-hybridized carbons (Fsp3) is 0.250. The van der Waals surface area contributed by atoms with Gasteiger partial charge in [-0.05, 0) is 24.1 Å². The van der Waals surface area contributed by atoms with E-state index in [4.69, 9.17) is 10.5 Å². The lowest BCUT2D eigenvalue weighted by Crippen LogP contribution is -2.41. The second kappa shape index (κ2) is 7.40. The third-order valence-corrected chi connectivity index (χ3v) is 3.15. The summed E-state index contributed by atoms with van der Waals surface area (Å²) < 4.78 is 5.10.